The van der Waals surface area contributed by atoms with Crippen molar-refractivity contribution in [3.63, 3.8) is 0 Å². The molecule has 0 unspecified atom stereocenters. The third-order valence-electron chi connectivity index (χ3n) is 4.03. The van der Waals surface area contributed by atoms with Gasteiger partial charge in [-0.2, -0.15) is 0 Å². The van der Waals surface area contributed by atoms with Gasteiger partial charge in [0.1, 0.15) is 11.6 Å². The van der Waals surface area contributed by atoms with Gasteiger partial charge >= 0.3 is 0 Å². The average Bonchev–Trinajstić information content (AvgIpc) is 2.99. The molecule has 1 aromatic heterocycles. The highest BCUT2D eigenvalue weighted by molar-refractivity contribution is 5.96. The van der Waals surface area contributed by atoms with Gasteiger partial charge in [-0.25, -0.2) is 4.98 Å². The third kappa shape index (κ3) is 3.55. The lowest BCUT2D eigenvalue weighted by atomic mass is 10.2. The molecule has 0 aliphatic heterocycles. The zero-order valence-corrected chi connectivity index (χ0v) is 14.2. The Labute approximate surface area is 146 Å². The van der Waals surface area contributed by atoms with Crippen molar-refractivity contribution in [2.45, 2.75) is 13.0 Å². The summed E-state index contributed by atoms with van der Waals surface area (Å²) in [6.07, 6.45) is 2.49. The second kappa shape index (κ2) is 7.66. The summed E-state index contributed by atoms with van der Waals surface area (Å²) in [5.74, 6) is 1.35. The van der Waals surface area contributed by atoms with Crippen LogP contribution < -0.4 is 10.1 Å². The molecule has 0 aliphatic rings. The van der Waals surface area contributed by atoms with Crippen LogP contribution in [-0.2, 0) is 13.0 Å². The van der Waals surface area contributed by atoms with E-state index in [4.69, 9.17) is 4.74 Å². The number of nitrogens with one attached hydrogen (secondary N) is 1. The Bertz CT molecular complexity index is 899. The van der Waals surface area contributed by atoms with Crippen LogP contribution in [-0.4, -0.2) is 29.1 Å². The minimum atomic E-state index is -0.149. The molecule has 3 rings (SSSR count). The quantitative estimate of drug-likeness (QED) is 0.675. The Balaban J connectivity index is 1.71. The van der Waals surface area contributed by atoms with E-state index in [1.807, 2.05) is 42.5 Å². The number of ether oxygens (including phenoxy) is 1. The molecule has 0 spiro atoms. The van der Waals surface area contributed by atoms with Crippen LogP contribution in [0, 0.1) is 0 Å². The minimum Gasteiger partial charge on any atom is -0.496 e. The fraction of sp³-hybridized carbons (Fsp3) is 0.200. The Kier molecular flexibility index (Phi) is 5.14. The van der Waals surface area contributed by atoms with Crippen LogP contribution in [0.2, 0.25) is 0 Å². The maximum Gasteiger partial charge on any atom is 0.255 e. The topological polar surface area (TPSA) is 56.2 Å². The molecule has 1 N–H and O–H groups in total. The molecule has 0 saturated carbocycles. The number of imidazole rings is 1. The van der Waals surface area contributed by atoms with Crippen molar-refractivity contribution in [1.82, 2.24) is 14.9 Å². The summed E-state index contributed by atoms with van der Waals surface area (Å²) in [5, 5.41) is 2.94. The van der Waals surface area contributed by atoms with E-state index >= 15 is 0 Å². The monoisotopic (exact) mass is 335 g/mol. The van der Waals surface area contributed by atoms with E-state index in [1.165, 1.54) is 0 Å². The Morgan fingerprint density at radius 1 is 1.24 bits per heavy atom. The number of methoxy groups -OCH3 is 1. The van der Waals surface area contributed by atoms with Crippen molar-refractivity contribution in [2.24, 2.45) is 0 Å². The van der Waals surface area contributed by atoms with Crippen molar-refractivity contribution in [1.29, 1.82) is 0 Å². The van der Waals surface area contributed by atoms with Crippen molar-refractivity contribution < 1.29 is 9.53 Å². The average molecular weight is 335 g/mol. The first kappa shape index (κ1) is 16.8. The van der Waals surface area contributed by atoms with Gasteiger partial charge in [0.2, 0.25) is 0 Å². The van der Waals surface area contributed by atoms with Crippen LogP contribution in [0.5, 0.6) is 5.75 Å². The smallest absolute Gasteiger partial charge is 0.255 e. The zero-order chi connectivity index (χ0) is 17.6. The number of carbonyl (C=O) groups is 1. The molecule has 1 heterocycles. The maximum atomic E-state index is 12.4. The van der Waals surface area contributed by atoms with Gasteiger partial charge in [0.05, 0.1) is 23.7 Å². The van der Waals surface area contributed by atoms with E-state index in [0.717, 1.165) is 16.9 Å². The number of carbonyl (C=O) groups excluding carboxylic acids is 1. The number of rotatable bonds is 7. The van der Waals surface area contributed by atoms with Crippen molar-refractivity contribution in [2.75, 3.05) is 13.7 Å². The lowest BCUT2D eigenvalue weighted by Crippen LogP contribution is -2.26. The van der Waals surface area contributed by atoms with Crippen LogP contribution in [0.25, 0.3) is 11.0 Å². The van der Waals surface area contributed by atoms with E-state index in [-0.39, 0.29) is 5.91 Å². The maximum absolute atomic E-state index is 12.4. The van der Waals surface area contributed by atoms with Crippen LogP contribution >= 0.6 is 0 Å². The highest BCUT2D eigenvalue weighted by atomic mass is 16.5. The first-order chi connectivity index (χ1) is 12.2. The van der Waals surface area contributed by atoms with Gasteiger partial charge in [-0.15, -0.1) is 6.58 Å². The molecule has 5 nitrogen and oxygen atoms in total. The molecule has 0 radical (unpaired) electrons. The van der Waals surface area contributed by atoms with Gasteiger partial charge in [0, 0.05) is 19.5 Å². The Morgan fingerprint density at radius 2 is 2.00 bits per heavy atom. The number of allylic oxidation sites excluding steroid dienone is 1. The second-order valence-corrected chi connectivity index (χ2v) is 5.62. The van der Waals surface area contributed by atoms with Crippen LogP contribution in [0.1, 0.15) is 16.2 Å². The van der Waals surface area contributed by atoms with Gasteiger partial charge in [-0.3, -0.25) is 4.79 Å². The molecule has 5 heteroatoms. The standard InChI is InChI=1S/C20H21N3O2/c1-3-14-23-17-10-6-5-9-16(17)22-19(23)12-13-21-20(24)15-8-4-7-11-18(15)25-2/h3-11H,1,12-14H2,2H3,(H,21,24). The normalized spacial score (nSPS) is 10.6. The summed E-state index contributed by atoms with van der Waals surface area (Å²) in [6.45, 7) is 5.01. The van der Waals surface area contributed by atoms with E-state index in [0.29, 0.717) is 30.8 Å². The molecule has 1 amide bonds. The molecule has 0 atom stereocenters. The Morgan fingerprint density at radius 3 is 2.80 bits per heavy atom. The predicted octanol–water partition coefficient (Wildman–Crippen LogP) is 3.20. The number of aromatic nitrogens is 2. The molecule has 0 fully saturated rings. The largest absolute Gasteiger partial charge is 0.496 e. The fourth-order valence-corrected chi connectivity index (χ4v) is 2.86. The van der Waals surface area contributed by atoms with Crippen LogP contribution in [0.4, 0.5) is 0 Å². The SMILES string of the molecule is C=CCn1c(CCNC(=O)c2ccccc2OC)nc2ccccc21. The number of para-hydroxylation sites is 3. The molecular formula is C20H21N3O2. The van der Waals surface area contributed by atoms with Gasteiger partial charge in [0.15, 0.2) is 0 Å². The molecule has 3 aromatic rings. The highest BCUT2D eigenvalue weighted by Gasteiger charge is 2.13. The number of benzene rings is 2. The molecule has 2 aromatic carbocycles. The molecule has 0 saturated heterocycles. The summed E-state index contributed by atoms with van der Waals surface area (Å²) in [5.41, 5.74) is 2.56. The molecule has 25 heavy (non-hydrogen) atoms. The summed E-state index contributed by atoms with van der Waals surface area (Å²) in [4.78, 5) is 17.0. The van der Waals surface area contributed by atoms with Crippen molar-refractivity contribution >= 4 is 16.9 Å². The Hall–Kier alpha value is -3.08. The summed E-state index contributed by atoms with van der Waals surface area (Å²) < 4.78 is 7.36. The van der Waals surface area contributed by atoms with Crippen LogP contribution in [0.15, 0.2) is 61.2 Å². The number of hydrogen-bond acceptors (Lipinski definition) is 3. The first-order valence-electron chi connectivity index (χ1n) is 8.21. The lowest BCUT2D eigenvalue weighted by Gasteiger charge is -2.10. The molecule has 128 valence electrons. The van der Waals surface area contributed by atoms with Gasteiger partial charge < -0.3 is 14.6 Å². The number of nitrogens with zero attached hydrogens (tertiary/aromatic N) is 2. The fourth-order valence-electron chi connectivity index (χ4n) is 2.86. The van der Waals surface area contributed by atoms with Gasteiger partial charge in [-0.05, 0) is 24.3 Å². The van der Waals surface area contributed by atoms with E-state index < -0.39 is 0 Å². The first-order valence-corrected chi connectivity index (χ1v) is 8.21. The summed E-state index contributed by atoms with van der Waals surface area (Å²) >= 11 is 0. The van der Waals surface area contributed by atoms with E-state index in [9.17, 15) is 4.79 Å². The van der Waals surface area contributed by atoms with E-state index in [2.05, 4.69) is 21.4 Å². The molecule has 0 bridgehead atoms. The second-order valence-electron chi connectivity index (χ2n) is 5.62. The minimum absolute atomic E-state index is 0.149. The lowest BCUT2D eigenvalue weighted by molar-refractivity contribution is 0.0951. The van der Waals surface area contributed by atoms with E-state index in [1.54, 1.807) is 19.2 Å². The molecular weight excluding hydrogens is 314 g/mol. The van der Waals surface area contributed by atoms with Crippen molar-refractivity contribution in [3.8, 4) is 5.75 Å². The zero-order valence-electron chi connectivity index (χ0n) is 14.2. The van der Waals surface area contributed by atoms with Gasteiger partial charge in [-0.1, -0.05) is 30.3 Å². The highest BCUT2D eigenvalue weighted by Crippen LogP contribution is 2.18. The number of amides is 1. The predicted molar refractivity (Wildman–Crippen MR) is 99.0 cm³/mol. The summed E-state index contributed by atoms with van der Waals surface area (Å²) in [7, 11) is 1.56. The van der Waals surface area contributed by atoms with Crippen LogP contribution in [0.3, 0.4) is 0 Å². The van der Waals surface area contributed by atoms with Crippen molar-refractivity contribution in [3.05, 3.63) is 72.6 Å². The number of hydrogen-bond donors (Lipinski definition) is 1. The third-order valence-corrected chi connectivity index (χ3v) is 4.03. The summed E-state index contributed by atoms with van der Waals surface area (Å²) in [6, 6.07) is 15.2. The molecule has 0 aliphatic carbocycles. The van der Waals surface area contributed by atoms with Gasteiger partial charge in [0.25, 0.3) is 5.91 Å². The number of fused-ring (bicyclic) bond motifs is 1.